The van der Waals surface area contributed by atoms with Crippen LogP contribution >= 0.6 is 0 Å². The molecular weight excluding hydrogens is 162 g/mol. The number of nitrogens with one attached hydrogen (secondary N) is 1. The van der Waals surface area contributed by atoms with Gasteiger partial charge in [0.2, 0.25) is 0 Å². The quantitative estimate of drug-likeness (QED) is 0.722. The van der Waals surface area contributed by atoms with E-state index in [1.54, 1.807) is 0 Å². The fourth-order valence-corrected chi connectivity index (χ4v) is 1.81. The van der Waals surface area contributed by atoms with Crippen LogP contribution in [0.25, 0.3) is 0 Å². The van der Waals surface area contributed by atoms with E-state index in [0.717, 1.165) is 31.8 Å². The molecule has 13 heavy (non-hydrogen) atoms. The molecule has 0 aliphatic carbocycles. The fraction of sp³-hybridized carbons (Fsp3) is 0.909. The van der Waals surface area contributed by atoms with Gasteiger partial charge in [-0.2, -0.15) is 0 Å². The summed E-state index contributed by atoms with van der Waals surface area (Å²) < 4.78 is 0. The Balaban J connectivity index is 2.13. The summed E-state index contributed by atoms with van der Waals surface area (Å²) in [6, 6.07) is 0. The smallest absolute Gasteiger partial charge is 0.135 e. The van der Waals surface area contributed by atoms with Gasteiger partial charge in [-0.25, -0.2) is 0 Å². The fourth-order valence-electron chi connectivity index (χ4n) is 1.81. The van der Waals surface area contributed by atoms with Crippen molar-refractivity contribution < 1.29 is 4.79 Å². The average Bonchev–Trinajstić information content (AvgIpc) is 2.15. The van der Waals surface area contributed by atoms with Gasteiger partial charge in [0.25, 0.3) is 0 Å². The van der Waals surface area contributed by atoms with Crippen molar-refractivity contribution >= 4 is 5.78 Å². The molecule has 0 amide bonds. The monoisotopic (exact) mass is 183 g/mol. The molecule has 0 saturated carbocycles. The van der Waals surface area contributed by atoms with Gasteiger partial charge in [0.1, 0.15) is 5.78 Å². The molecule has 1 heterocycles. The number of Topliss-reactive ketones (excluding diaryl/α,β-unsaturated/α-hetero) is 1. The van der Waals surface area contributed by atoms with Gasteiger partial charge < -0.3 is 5.32 Å². The van der Waals surface area contributed by atoms with Crippen LogP contribution < -0.4 is 5.32 Å². The number of hydrogen-bond donors (Lipinski definition) is 1. The van der Waals surface area contributed by atoms with Crippen LogP contribution in [0.5, 0.6) is 0 Å². The van der Waals surface area contributed by atoms with Crippen molar-refractivity contribution in [1.29, 1.82) is 0 Å². The lowest BCUT2D eigenvalue weighted by Crippen LogP contribution is -2.28. The van der Waals surface area contributed by atoms with Gasteiger partial charge in [0.15, 0.2) is 0 Å². The highest BCUT2D eigenvalue weighted by molar-refractivity contribution is 5.80. The maximum Gasteiger partial charge on any atom is 0.135 e. The summed E-state index contributed by atoms with van der Waals surface area (Å²) in [5.41, 5.74) is 0. The summed E-state index contributed by atoms with van der Waals surface area (Å²) in [7, 11) is 0. The number of piperidine rings is 1. The number of carbonyl (C=O) groups is 1. The van der Waals surface area contributed by atoms with Crippen LogP contribution in [0.3, 0.4) is 0 Å². The zero-order chi connectivity index (χ0) is 9.68. The van der Waals surface area contributed by atoms with Crippen molar-refractivity contribution in [2.75, 3.05) is 13.1 Å². The maximum absolute atomic E-state index is 11.4. The summed E-state index contributed by atoms with van der Waals surface area (Å²) in [4.78, 5) is 11.4. The molecule has 0 atom stereocenters. The number of carbonyl (C=O) groups excluding carboxylic acids is 1. The predicted molar refractivity (Wildman–Crippen MR) is 54.7 cm³/mol. The SMILES string of the molecule is CC(C)C(=O)CCC1CCNCC1. The maximum atomic E-state index is 11.4. The van der Waals surface area contributed by atoms with Crippen LogP contribution in [0.15, 0.2) is 0 Å². The minimum absolute atomic E-state index is 0.224. The third kappa shape index (κ3) is 3.90. The molecular formula is C11H21NO. The number of hydrogen-bond acceptors (Lipinski definition) is 2. The standard InChI is InChI=1S/C11H21NO/c1-9(2)11(13)4-3-10-5-7-12-8-6-10/h9-10,12H,3-8H2,1-2H3. The highest BCUT2D eigenvalue weighted by Crippen LogP contribution is 2.18. The van der Waals surface area contributed by atoms with E-state index in [2.05, 4.69) is 5.32 Å². The summed E-state index contributed by atoms with van der Waals surface area (Å²) in [5, 5.41) is 3.34. The Bertz CT molecular complexity index is 159. The molecule has 2 heteroatoms. The highest BCUT2D eigenvalue weighted by atomic mass is 16.1. The molecule has 0 radical (unpaired) electrons. The molecule has 0 aromatic carbocycles. The molecule has 76 valence electrons. The van der Waals surface area contributed by atoms with Crippen LogP contribution in [0.2, 0.25) is 0 Å². The largest absolute Gasteiger partial charge is 0.317 e. The molecule has 0 unspecified atom stereocenters. The van der Waals surface area contributed by atoms with Crippen LogP contribution in [-0.4, -0.2) is 18.9 Å². The van der Waals surface area contributed by atoms with Gasteiger partial charge >= 0.3 is 0 Å². The van der Waals surface area contributed by atoms with Crippen LogP contribution in [-0.2, 0) is 4.79 Å². The van der Waals surface area contributed by atoms with Crippen LogP contribution in [0.4, 0.5) is 0 Å². The van der Waals surface area contributed by atoms with Gasteiger partial charge in [-0.3, -0.25) is 4.79 Å². The second-order valence-corrected chi connectivity index (χ2v) is 4.35. The summed E-state index contributed by atoms with van der Waals surface area (Å²) in [6.45, 7) is 6.26. The van der Waals surface area contributed by atoms with E-state index in [9.17, 15) is 4.79 Å². The van der Waals surface area contributed by atoms with Crippen LogP contribution in [0, 0.1) is 11.8 Å². The van der Waals surface area contributed by atoms with E-state index < -0.39 is 0 Å². The van der Waals surface area contributed by atoms with E-state index >= 15 is 0 Å². The zero-order valence-electron chi connectivity index (χ0n) is 8.81. The lowest BCUT2D eigenvalue weighted by atomic mass is 9.90. The minimum Gasteiger partial charge on any atom is -0.317 e. The zero-order valence-corrected chi connectivity index (χ0v) is 8.81. The Morgan fingerprint density at radius 1 is 1.38 bits per heavy atom. The Hall–Kier alpha value is -0.370. The molecule has 1 rings (SSSR count). The Labute approximate surface area is 81.1 Å². The first-order valence-corrected chi connectivity index (χ1v) is 5.43. The number of rotatable bonds is 4. The normalized spacial score (nSPS) is 19.3. The molecule has 0 spiro atoms. The van der Waals surface area contributed by atoms with Gasteiger partial charge in [0, 0.05) is 12.3 Å². The van der Waals surface area contributed by atoms with Gasteiger partial charge in [-0.05, 0) is 38.3 Å². The molecule has 0 aromatic heterocycles. The van der Waals surface area contributed by atoms with E-state index in [1.807, 2.05) is 13.8 Å². The molecule has 1 aliphatic heterocycles. The van der Waals surface area contributed by atoms with Gasteiger partial charge in [0.05, 0.1) is 0 Å². The third-order valence-electron chi connectivity index (χ3n) is 2.90. The van der Waals surface area contributed by atoms with Crippen molar-refractivity contribution in [1.82, 2.24) is 5.32 Å². The van der Waals surface area contributed by atoms with Crippen molar-refractivity contribution in [3.05, 3.63) is 0 Å². The van der Waals surface area contributed by atoms with Crippen LogP contribution in [0.1, 0.15) is 39.5 Å². The lowest BCUT2D eigenvalue weighted by Gasteiger charge is -2.22. The first-order valence-electron chi connectivity index (χ1n) is 5.43. The van der Waals surface area contributed by atoms with Crippen molar-refractivity contribution in [3.63, 3.8) is 0 Å². The first-order chi connectivity index (χ1) is 6.20. The Morgan fingerprint density at radius 2 is 2.00 bits per heavy atom. The summed E-state index contributed by atoms with van der Waals surface area (Å²) >= 11 is 0. The van der Waals surface area contributed by atoms with Crippen molar-refractivity contribution in [2.24, 2.45) is 11.8 Å². The molecule has 2 nitrogen and oxygen atoms in total. The van der Waals surface area contributed by atoms with Gasteiger partial charge in [-0.1, -0.05) is 13.8 Å². The molecule has 0 aromatic rings. The summed E-state index contributed by atoms with van der Waals surface area (Å²) in [5.74, 6) is 1.45. The van der Waals surface area contributed by atoms with Gasteiger partial charge in [-0.15, -0.1) is 0 Å². The average molecular weight is 183 g/mol. The Kier molecular flexibility index (Phi) is 4.43. The van der Waals surface area contributed by atoms with E-state index in [4.69, 9.17) is 0 Å². The minimum atomic E-state index is 0.224. The van der Waals surface area contributed by atoms with E-state index in [0.29, 0.717) is 5.78 Å². The Morgan fingerprint density at radius 3 is 2.54 bits per heavy atom. The summed E-state index contributed by atoms with van der Waals surface area (Å²) in [6.07, 6.45) is 4.41. The predicted octanol–water partition coefficient (Wildman–Crippen LogP) is 1.99. The topological polar surface area (TPSA) is 29.1 Å². The highest BCUT2D eigenvalue weighted by Gasteiger charge is 2.15. The van der Waals surface area contributed by atoms with E-state index in [-0.39, 0.29) is 5.92 Å². The molecule has 1 fully saturated rings. The van der Waals surface area contributed by atoms with Crippen molar-refractivity contribution in [2.45, 2.75) is 39.5 Å². The molecule has 1 N–H and O–H groups in total. The third-order valence-corrected chi connectivity index (χ3v) is 2.90. The molecule has 0 bridgehead atoms. The van der Waals surface area contributed by atoms with E-state index in [1.165, 1.54) is 12.8 Å². The molecule has 1 saturated heterocycles. The second-order valence-electron chi connectivity index (χ2n) is 4.35. The number of ketones is 1. The molecule has 1 aliphatic rings. The van der Waals surface area contributed by atoms with Crippen molar-refractivity contribution in [3.8, 4) is 0 Å². The second kappa shape index (κ2) is 5.38. The first kappa shape index (κ1) is 10.7. The lowest BCUT2D eigenvalue weighted by molar-refractivity contribution is -0.122.